The topological polar surface area (TPSA) is 29.5 Å². The molecule has 0 aromatic heterocycles. The number of amides is 1. The lowest BCUT2D eigenvalue weighted by atomic mass is 9.82. The Morgan fingerprint density at radius 3 is 2.68 bits per heavy atom. The molecule has 3 nitrogen and oxygen atoms in total. The first kappa shape index (κ1) is 12.5. The van der Waals surface area contributed by atoms with Crippen molar-refractivity contribution >= 4 is 17.7 Å². The molecule has 4 fully saturated rings. The molecule has 1 spiro atoms. The van der Waals surface area contributed by atoms with Gasteiger partial charge in [-0.2, -0.15) is 0 Å². The highest BCUT2D eigenvalue weighted by atomic mass is 32.2. The van der Waals surface area contributed by atoms with Crippen LogP contribution in [-0.4, -0.2) is 47.1 Å². The lowest BCUT2D eigenvalue weighted by Gasteiger charge is -2.49. The summed E-state index contributed by atoms with van der Waals surface area (Å²) in [7, 11) is 0. The zero-order valence-electron chi connectivity index (χ0n) is 11.5. The van der Waals surface area contributed by atoms with Crippen LogP contribution >= 0.6 is 11.8 Å². The Bertz CT molecular complexity index is 372. The zero-order chi connectivity index (χ0) is 12.9. The van der Waals surface area contributed by atoms with E-state index in [0.717, 1.165) is 44.2 Å². The van der Waals surface area contributed by atoms with Gasteiger partial charge >= 0.3 is 0 Å². The summed E-state index contributed by atoms with van der Waals surface area (Å²) in [5.74, 6) is 2.79. The number of hydrogen-bond acceptors (Lipinski definition) is 3. The first-order chi connectivity index (χ1) is 9.24. The maximum Gasteiger partial charge on any atom is 0.225 e. The fraction of sp³-hybridized carbons (Fsp3) is 0.933. The number of carbonyl (C=O) groups is 1. The second-order valence-corrected chi connectivity index (χ2v) is 8.41. The highest BCUT2D eigenvalue weighted by Gasteiger charge is 2.52. The second kappa shape index (κ2) is 4.66. The molecule has 0 bridgehead atoms. The van der Waals surface area contributed by atoms with E-state index < -0.39 is 0 Å². The SMILES string of the molecule is O=C(C1CCC1)N1CC2(C[C@H](OCC3CC3)CS2)C1. The van der Waals surface area contributed by atoms with Crippen molar-refractivity contribution < 1.29 is 9.53 Å². The molecule has 4 heteroatoms. The minimum Gasteiger partial charge on any atom is -0.377 e. The predicted molar refractivity (Wildman–Crippen MR) is 76.2 cm³/mol. The fourth-order valence-corrected chi connectivity index (χ4v) is 4.96. The minimum absolute atomic E-state index is 0.355. The van der Waals surface area contributed by atoms with E-state index in [-0.39, 0.29) is 0 Å². The monoisotopic (exact) mass is 281 g/mol. The minimum atomic E-state index is 0.355. The van der Waals surface area contributed by atoms with Crippen LogP contribution < -0.4 is 0 Å². The fourth-order valence-electron chi connectivity index (χ4n) is 3.41. The molecular weight excluding hydrogens is 258 g/mol. The van der Waals surface area contributed by atoms with E-state index in [1.54, 1.807) is 0 Å². The van der Waals surface area contributed by atoms with E-state index in [4.69, 9.17) is 4.74 Å². The molecular formula is C15H23NO2S. The summed E-state index contributed by atoms with van der Waals surface area (Å²) < 4.78 is 6.36. The van der Waals surface area contributed by atoms with E-state index in [2.05, 4.69) is 16.7 Å². The van der Waals surface area contributed by atoms with E-state index in [1.807, 2.05) is 0 Å². The molecule has 106 valence electrons. The molecule has 0 radical (unpaired) electrons. The first-order valence-electron chi connectivity index (χ1n) is 7.78. The molecule has 19 heavy (non-hydrogen) atoms. The molecule has 2 saturated carbocycles. The van der Waals surface area contributed by atoms with Crippen molar-refractivity contribution in [3.05, 3.63) is 0 Å². The van der Waals surface area contributed by atoms with Gasteiger partial charge in [0, 0.05) is 31.4 Å². The van der Waals surface area contributed by atoms with Crippen molar-refractivity contribution in [1.29, 1.82) is 0 Å². The first-order valence-corrected chi connectivity index (χ1v) is 8.77. The van der Waals surface area contributed by atoms with Crippen molar-refractivity contribution in [1.82, 2.24) is 4.90 Å². The molecule has 4 rings (SSSR count). The van der Waals surface area contributed by atoms with Crippen LogP contribution in [0, 0.1) is 11.8 Å². The Balaban J connectivity index is 1.24. The van der Waals surface area contributed by atoms with Gasteiger partial charge < -0.3 is 9.64 Å². The number of carbonyl (C=O) groups excluding carboxylic acids is 1. The molecule has 2 saturated heterocycles. The maximum atomic E-state index is 12.1. The van der Waals surface area contributed by atoms with Crippen LogP contribution in [-0.2, 0) is 9.53 Å². The molecule has 1 amide bonds. The van der Waals surface area contributed by atoms with Crippen molar-refractivity contribution in [2.45, 2.75) is 49.4 Å². The number of thioether (sulfide) groups is 1. The van der Waals surface area contributed by atoms with Crippen molar-refractivity contribution in [3.8, 4) is 0 Å². The second-order valence-electron chi connectivity index (χ2n) is 6.92. The van der Waals surface area contributed by atoms with Crippen LogP contribution in [0.2, 0.25) is 0 Å². The number of hydrogen-bond donors (Lipinski definition) is 0. The van der Waals surface area contributed by atoms with Crippen molar-refractivity contribution in [2.24, 2.45) is 11.8 Å². The molecule has 0 N–H and O–H groups in total. The van der Waals surface area contributed by atoms with Gasteiger partial charge in [0.1, 0.15) is 0 Å². The van der Waals surface area contributed by atoms with Crippen molar-refractivity contribution in [2.75, 3.05) is 25.4 Å². The molecule has 0 unspecified atom stereocenters. The van der Waals surface area contributed by atoms with E-state index in [0.29, 0.717) is 22.7 Å². The number of rotatable bonds is 4. The van der Waals surface area contributed by atoms with E-state index >= 15 is 0 Å². The van der Waals surface area contributed by atoms with Gasteiger partial charge in [-0.3, -0.25) is 4.79 Å². The number of nitrogens with zero attached hydrogens (tertiary/aromatic N) is 1. The smallest absolute Gasteiger partial charge is 0.225 e. The van der Waals surface area contributed by atoms with Crippen LogP contribution in [0.25, 0.3) is 0 Å². The molecule has 2 heterocycles. The molecule has 1 atom stereocenters. The summed E-state index contributed by atoms with van der Waals surface area (Å²) in [4.78, 5) is 14.2. The lowest BCUT2D eigenvalue weighted by Crippen LogP contribution is -2.62. The summed E-state index contributed by atoms with van der Waals surface area (Å²) in [6.07, 6.45) is 7.86. The molecule has 4 aliphatic rings. The summed E-state index contributed by atoms with van der Waals surface area (Å²) >= 11 is 2.05. The highest BCUT2D eigenvalue weighted by molar-refractivity contribution is 8.01. The van der Waals surface area contributed by atoms with Crippen LogP contribution in [0.1, 0.15) is 38.5 Å². The molecule has 2 aliphatic heterocycles. The number of likely N-dealkylation sites (tertiary alicyclic amines) is 1. The predicted octanol–water partition coefficient (Wildman–Crippen LogP) is 2.30. The van der Waals surface area contributed by atoms with Crippen molar-refractivity contribution in [3.63, 3.8) is 0 Å². The van der Waals surface area contributed by atoms with Crippen LogP contribution in [0.3, 0.4) is 0 Å². The summed E-state index contributed by atoms with van der Waals surface area (Å²) in [5, 5.41) is 0. The summed E-state index contributed by atoms with van der Waals surface area (Å²) in [5.41, 5.74) is 0. The zero-order valence-corrected chi connectivity index (χ0v) is 12.3. The van der Waals surface area contributed by atoms with Gasteiger partial charge in [-0.05, 0) is 38.0 Å². The van der Waals surface area contributed by atoms with Crippen LogP contribution in [0.5, 0.6) is 0 Å². The number of ether oxygens (including phenoxy) is 1. The quantitative estimate of drug-likeness (QED) is 0.792. The summed E-state index contributed by atoms with van der Waals surface area (Å²) in [6.45, 7) is 2.94. The van der Waals surface area contributed by atoms with Crippen LogP contribution in [0.4, 0.5) is 0 Å². The van der Waals surface area contributed by atoms with Gasteiger partial charge in [-0.25, -0.2) is 0 Å². The van der Waals surface area contributed by atoms with Crippen LogP contribution in [0.15, 0.2) is 0 Å². The third-order valence-electron chi connectivity index (χ3n) is 5.16. The maximum absolute atomic E-state index is 12.1. The lowest BCUT2D eigenvalue weighted by molar-refractivity contribution is -0.143. The Kier molecular flexibility index (Phi) is 3.07. The van der Waals surface area contributed by atoms with E-state index in [1.165, 1.54) is 25.7 Å². The van der Waals surface area contributed by atoms with Gasteiger partial charge in [0.2, 0.25) is 5.91 Å². The third-order valence-corrected chi connectivity index (χ3v) is 6.74. The Labute approximate surface area is 119 Å². The van der Waals surface area contributed by atoms with E-state index in [9.17, 15) is 4.79 Å². The third kappa shape index (κ3) is 2.42. The largest absolute Gasteiger partial charge is 0.377 e. The van der Waals surface area contributed by atoms with Gasteiger partial charge in [0.25, 0.3) is 0 Å². The Morgan fingerprint density at radius 2 is 2.05 bits per heavy atom. The molecule has 2 aliphatic carbocycles. The molecule has 0 aromatic rings. The normalized spacial score (nSPS) is 33.3. The Hall–Kier alpha value is -0.220. The highest BCUT2D eigenvalue weighted by Crippen LogP contribution is 2.47. The standard InChI is InChI=1S/C15H23NO2S/c17-14(12-2-1-3-12)16-9-15(10-16)6-13(8-19-15)18-7-11-4-5-11/h11-13H,1-10H2/t13-/m0/s1. The van der Waals surface area contributed by atoms with Gasteiger partial charge in [-0.1, -0.05) is 6.42 Å². The van der Waals surface area contributed by atoms with Gasteiger partial charge in [0.15, 0.2) is 0 Å². The Morgan fingerprint density at radius 1 is 1.26 bits per heavy atom. The summed E-state index contributed by atoms with van der Waals surface area (Å²) in [6, 6.07) is 0. The average Bonchev–Trinajstić information content (AvgIpc) is 3.00. The van der Waals surface area contributed by atoms with Gasteiger partial charge in [0.05, 0.1) is 10.9 Å². The molecule has 0 aromatic carbocycles. The van der Waals surface area contributed by atoms with Gasteiger partial charge in [-0.15, -0.1) is 11.8 Å². The average molecular weight is 281 g/mol.